The van der Waals surface area contributed by atoms with E-state index in [1.54, 1.807) is 7.11 Å². The number of benzene rings is 1. The Morgan fingerprint density at radius 3 is 2.67 bits per heavy atom. The van der Waals surface area contributed by atoms with Crippen molar-refractivity contribution >= 4 is 5.71 Å². The molecule has 1 aliphatic heterocycles. The zero-order valence-electron chi connectivity index (χ0n) is 10.6. The van der Waals surface area contributed by atoms with Gasteiger partial charge in [0.25, 0.3) is 0 Å². The van der Waals surface area contributed by atoms with Crippen molar-refractivity contribution in [2.45, 2.75) is 12.9 Å². The van der Waals surface area contributed by atoms with Crippen molar-refractivity contribution < 1.29 is 19.0 Å². The topological polar surface area (TPSA) is 49.3 Å². The SMILES string of the molecule is COCc1ccccc1/C(=N\OC)C1OCCO1. The Morgan fingerprint density at radius 1 is 1.28 bits per heavy atom. The second-order valence-corrected chi connectivity index (χ2v) is 3.82. The number of methoxy groups -OCH3 is 1. The first kappa shape index (κ1) is 13.0. The minimum absolute atomic E-state index is 0.469. The molecule has 1 aromatic rings. The van der Waals surface area contributed by atoms with Gasteiger partial charge in [-0.1, -0.05) is 29.4 Å². The van der Waals surface area contributed by atoms with Crippen LogP contribution in [0.15, 0.2) is 29.4 Å². The average molecular weight is 251 g/mol. The lowest BCUT2D eigenvalue weighted by Gasteiger charge is -2.15. The quantitative estimate of drug-likeness (QED) is 0.588. The Balaban J connectivity index is 2.32. The molecule has 0 N–H and O–H groups in total. The fraction of sp³-hybridized carbons (Fsp3) is 0.462. The molecule has 5 heteroatoms. The fourth-order valence-corrected chi connectivity index (χ4v) is 1.89. The molecular weight excluding hydrogens is 234 g/mol. The summed E-state index contributed by atoms with van der Waals surface area (Å²) in [6, 6.07) is 7.84. The summed E-state index contributed by atoms with van der Waals surface area (Å²) in [4.78, 5) is 4.89. The van der Waals surface area contributed by atoms with Crippen molar-refractivity contribution in [2.75, 3.05) is 27.4 Å². The largest absolute Gasteiger partial charge is 0.399 e. The summed E-state index contributed by atoms with van der Waals surface area (Å²) in [7, 11) is 3.17. The molecule has 18 heavy (non-hydrogen) atoms. The third-order valence-electron chi connectivity index (χ3n) is 2.63. The monoisotopic (exact) mass is 251 g/mol. The molecule has 1 fully saturated rings. The maximum atomic E-state index is 5.48. The third kappa shape index (κ3) is 2.87. The second-order valence-electron chi connectivity index (χ2n) is 3.82. The molecule has 5 nitrogen and oxygen atoms in total. The Labute approximate surface area is 106 Å². The van der Waals surface area contributed by atoms with Crippen LogP contribution in [0.25, 0.3) is 0 Å². The third-order valence-corrected chi connectivity index (χ3v) is 2.63. The number of oxime groups is 1. The van der Waals surface area contributed by atoms with Gasteiger partial charge in [0, 0.05) is 12.7 Å². The Bertz CT molecular complexity index is 413. The molecule has 2 rings (SSSR count). The molecule has 98 valence electrons. The minimum atomic E-state index is -0.469. The van der Waals surface area contributed by atoms with E-state index < -0.39 is 6.29 Å². The van der Waals surface area contributed by atoms with E-state index in [9.17, 15) is 0 Å². The Hall–Kier alpha value is -1.43. The smallest absolute Gasteiger partial charge is 0.205 e. The van der Waals surface area contributed by atoms with Crippen LogP contribution < -0.4 is 0 Å². The van der Waals surface area contributed by atoms with E-state index in [0.717, 1.165) is 11.1 Å². The van der Waals surface area contributed by atoms with Crippen molar-refractivity contribution in [2.24, 2.45) is 5.16 Å². The van der Waals surface area contributed by atoms with E-state index in [1.165, 1.54) is 7.11 Å². The molecular formula is C13H17NO4. The van der Waals surface area contributed by atoms with Gasteiger partial charge in [-0.25, -0.2) is 0 Å². The van der Waals surface area contributed by atoms with Crippen LogP contribution in [0.1, 0.15) is 11.1 Å². The summed E-state index contributed by atoms with van der Waals surface area (Å²) in [5.41, 5.74) is 2.59. The molecule has 0 aliphatic carbocycles. The van der Waals surface area contributed by atoms with Crippen LogP contribution >= 0.6 is 0 Å². The summed E-state index contributed by atoms with van der Waals surface area (Å²) in [5.74, 6) is 0. The van der Waals surface area contributed by atoms with Crippen molar-refractivity contribution in [3.8, 4) is 0 Å². The van der Waals surface area contributed by atoms with Gasteiger partial charge in [0.05, 0.1) is 19.8 Å². The van der Waals surface area contributed by atoms with Crippen molar-refractivity contribution in [1.82, 2.24) is 0 Å². The Kier molecular flexibility index (Phi) is 4.69. The molecule has 0 saturated carbocycles. The zero-order chi connectivity index (χ0) is 12.8. The van der Waals surface area contributed by atoms with Gasteiger partial charge in [0.2, 0.25) is 6.29 Å². The molecule has 0 spiro atoms. The molecule has 1 aromatic carbocycles. The van der Waals surface area contributed by atoms with Crippen LogP contribution in [0.2, 0.25) is 0 Å². The highest BCUT2D eigenvalue weighted by atomic mass is 16.7. The molecule has 0 radical (unpaired) electrons. The summed E-state index contributed by atoms with van der Waals surface area (Å²) in [6.45, 7) is 1.64. The van der Waals surface area contributed by atoms with Crippen LogP contribution in [-0.2, 0) is 25.7 Å². The standard InChI is InChI=1S/C13H17NO4/c1-15-9-10-5-3-4-6-11(10)12(14-16-2)13-17-7-8-18-13/h3-6,13H,7-9H2,1-2H3/b14-12+. The minimum Gasteiger partial charge on any atom is -0.399 e. The average Bonchev–Trinajstić information content (AvgIpc) is 2.91. The first-order valence-electron chi connectivity index (χ1n) is 5.78. The maximum absolute atomic E-state index is 5.48. The lowest BCUT2D eigenvalue weighted by atomic mass is 10.0. The number of rotatable bonds is 5. The molecule has 0 aromatic heterocycles. The molecule has 1 saturated heterocycles. The van der Waals surface area contributed by atoms with Crippen LogP contribution in [0, 0.1) is 0 Å². The molecule has 0 bridgehead atoms. The first-order chi connectivity index (χ1) is 8.86. The number of hydrogen-bond acceptors (Lipinski definition) is 5. The van der Waals surface area contributed by atoms with Gasteiger partial charge in [-0.2, -0.15) is 0 Å². The van der Waals surface area contributed by atoms with Gasteiger partial charge in [-0.3, -0.25) is 0 Å². The van der Waals surface area contributed by atoms with Gasteiger partial charge in [-0.05, 0) is 5.56 Å². The predicted molar refractivity (Wildman–Crippen MR) is 66.4 cm³/mol. The molecule has 0 atom stereocenters. The van der Waals surface area contributed by atoms with E-state index in [2.05, 4.69) is 5.16 Å². The van der Waals surface area contributed by atoms with Gasteiger partial charge in [0.1, 0.15) is 12.8 Å². The Morgan fingerprint density at radius 2 is 2.00 bits per heavy atom. The normalized spacial score (nSPS) is 17.1. The molecule has 1 aliphatic rings. The summed E-state index contributed by atoms with van der Waals surface area (Å²) < 4.78 is 16.1. The van der Waals surface area contributed by atoms with Crippen LogP contribution in [0.4, 0.5) is 0 Å². The van der Waals surface area contributed by atoms with Gasteiger partial charge >= 0.3 is 0 Å². The zero-order valence-corrected chi connectivity index (χ0v) is 10.6. The molecule has 1 heterocycles. The summed E-state index contributed by atoms with van der Waals surface area (Å²) >= 11 is 0. The summed E-state index contributed by atoms with van der Waals surface area (Å²) in [6.07, 6.45) is -0.469. The van der Waals surface area contributed by atoms with Crippen LogP contribution in [0.3, 0.4) is 0 Å². The van der Waals surface area contributed by atoms with Crippen molar-refractivity contribution in [3.63, 3.8) is 0 Å². The molecule has 0 unspecified atom stereocenters. The number of hydrogen-bond donors (Lipinski definition) is 0. The fourth-order valence-electron chi connectivity index (χ4n) is 1.89. The number of ether oxygens (including phenoxy) is 3. The van der Waals surface area contributed by atoms with Crippen molar-refractivity contribution in [3.05, 3.63) is 35.4 Å². The van der Waals surface area contributed by atoms with Gasteiger partial charge < -0.3 is 19.0 Å². The highest BCUT2D eigenvalue weighted by Gasteiger charge is 2.26. The maximum Gasteiger partial charge on any atom is 0.205 e. The van der Waals surface area contributed by atoms with E-state index in [1.807, 2.05) is 24.3 Å². The van der Waals surface area contributed by atoms with Gasteiger partial charge in [-0.15, -0.1) is 0 Å². The van der Waals surface area contributed by atoms with Crippen LogP contribution in [-0.4, -0.2) is 39.4 Å². The first-order valence-corrected chi connectivity index (χ1v) is 5.78. The lowest BCUT2D eigenvalue weighted by molar-refractivity contribution is 0.0120. The summed E-state index contributed by atoms with van der Waals surface area (Å²) in [5, 5.41) is 4.03. The van der Waals surface area contributed by atoms with Gasteiger partial charge in [0.15, 0.2) is 0 Å². The van der Waals surface area contributed by atoms with E-state index in [4.69, 9.17) is 19.0 Å². The highest BCUT2D eigenvalue weighted by Crippen LogP contribution is 2.18. The second kappa shape index (κ2) is 6.49. The molecule has 0 amide bonds. The number of nitrogens with zero attached hydrogens (tertiary/aromatic N) is 1. The van der Waals surface area contributed by atoms with E-state index in [0.29, 0.717) is 25.5 Å². The highest BCUT2D eigenvalue weighted by molar-refractivity contribution is 6.04. The lowest BCUT2D eigenvalue weighted by Crippen LogP contribution is -2.24. The van der Waals surface area contributed by atoms with E-state index in [-0.39, 0.29) is 0 Å². The van der Waals surface area contributed by atoms with Crippen LogP contribution in [0.5, 0.6) is 0 Å². The predicted octanol–water partition coefficient (Wildman–Crippen LogP) is 1.56. The van der Waals surface area contributed by atoms with Crippen molar-refractivity contribution in [1.29, 1.82) is 0 Å². The van der Waals surface area contributed by atoms with E-state index >= 15 is 0 Å².